The lowest BCUT2D eigenvalue weighted by Crippen LogP contribution is -2.21. The Morgan fingerprint density at radius 1 is 1.04 bits per heavy atom. The summed E-state index contributed by atoms with van der Waals surface area (Å²) in [5, 5.41) is 4.42. The molecule has 2 heterocycles. The van der Waals surface area contributed by atoms with E-state index in [-0.39, 0.29) is 11.8 Å². The van der Waals surface area contributed by atoms with Gasteiger partial charge in [0.1, 0.15) is 0 Å². The molecule has 2 aromatic carbocycles. The number of para-hydroxylation sites is 1. The number of carbonyl (C=O) groups is 1. The van der Waals surface area contributed by atoms with Crippen LogP contribution in [0.15, 0.2) is 54.7 Å². The van der Waals surface area contributed by atoms with Gasteiger partial charge in [0.25, 0.3) is 0 Å². The monoisotopic (exact) mass is 348 g/mol. The maximum atomic E-state index is 11.9. The maximum absolute atomic E-state index is 11.9. The van der Waals surface area contributed by atoms with E-state index in [1.54, 1.807) is 0 Å². The number of aromatic nitrogens is 1. The predicted molar refractivity (Wildman–Crippen MR) is 98.6 cm³/mol. The highest BCUT2D eigenvalue weighted by Gasteiger charge is 2.26. The molecule has 2 aliphatic rings. The van der Waals surface area contributed by atoms with Gasteiger partial charge in [-0.2, -0.15) is 0 Å². The lowest BCUT2D eigenvalue weighted by Gasteiger charge is -2.19. The number of aryl methyl sites for hydroxylation is 1. The summed E-state index contributed by atoms with van der Waals surface area (Å²) in [7, 11) is 0. The van der Waals surface area contributed by atoms with Crippen LogP contribution >= 0.6 is 11.6 Å². The predicted octanol–water partition coefficient (Wildman–Crippen LogP) is 4.45. The molecule has 124 valence electrons. The first-order chi connectivity index (χ1) is 12.2. The maximum Gasteiger partial charge on any atom is 0.163 e. The molecule has 3 aromatic rings. The minimum absolute atomic E-state index is 0.0690. The lowest BCUT2D eigenvalue weighted by molar-refractivity contribution is 0.0994. The van der Waals surface area contributed by atoms with Crippen LogP contribution in [0.25, 0.3) is 5.69 Å². The largest absolute Gasteiger partial charge is 0.317 e. The number of fused-ring (bicyclic) bond motifs is 4. The molecule has 1 aliphatic heterocycles. The summed E-state index contributed by atoms with van der Waals surface area (Å²) in [6.45, 7) is 0.748. The van der Waals surface area contributed by atoms with E-state index < -0.39 is 0 Å². The molecule has 3 nitrogen and oxygen atoms in total. The highest BCUT2D eigenvalue weighted by molar-refractivity contribution is 6.32. The molecule has 1 aliphatic carbocycles. The summed E-state index contributed by atoms with van der Waals surface area (Å²) in [6, 6.07) is 16.6. The van der Waals surface area contributed by atoms with Crippen LogP contribution in [0, 0.1) is 0 Å². The Morgan fingerprint density at radius 2 is 1.96 bits per heavy atom. The van der Waals surface area contributed by atoms with Gasteiger partial charge in [0.2, 0.25) is 0 Å². The highest BCUT2D eigenvalue weighted by atomic mass is 35.5. The SMILES string of the molecule is O=C1CCc2cc(C3NCc4cccc(Cl)c4-n4cccc43)ccc21. The molecule has 0 amide bonds. The Labute approximate surface area is 151 Å². The van der Waals surface area contributed by atoms with Crippen LogP contribution in [-0.2, 0) is 13.0 Å². The first-order valence-corrected chi connectivity index (χ1v) is 8.94. The zero-order valence-corrected chi connectivity index (χ0v) is 14.4. The molecule has 0 fully saturated rings. The molecule has 1 aromatic heterocycles. The van der Waals surface area contributed by atoms with Gasteiger partial charge in [-0.15, -0.1) is 0 Å². The zero-order valence-electron chi connectivity index (χ0n) is 13.6. The van der Waals surface area contributed by atoms with Crippen LogP contribution < -0.4 is 5.32 Å². The summed E-state index contributed by atoms with van der Waals surface area (Å²) < 4.78 is 2.18. The standard InChI is InChI=1S/C21H17ClN2O/c22-17-4-1-3-15-12-23-20(18-5-2-10-24(18)21(15)17)14-6-8-16-13(11-14)7-9-19(16)25/h1-6,8,10-11,20,23H,7,9,12H2. The van der Waals surface area contributed by atoms with Gasteiger partial charge in [-0.25, -0.2) is 0 Å². The smallest absolute Gasteiger partial charge is 0.163 e. The van der Waals surface area contributed by atoms with Gasteiger partial charge in [-0.05, 0) is 41.3 Å². The molecule has 1 N–H and O–H groups in total. The molecule has 0 radical (unpaired) electrons. The summed E-state index contributed by atoms with van der Waals surface area (Å²) in [5.74, 6) is 0.262. The van der Waals surface area contributed by atoms with Crippen molar-refractivity contribution in [3.05, 3.63) is 87.7 Å². The topological polar surface area (TPSA) is 34.0 Å². The van der Waals surface area contributed by atoms with Crippen molar-refractivity contribution in [2.75, 3.05) is 0 Å². The molecule has 0 bridgehead atoms. The summed E-state index contributed by atoms with van der Waals surface area (Å²) in [5.41, 5.74) is 6.65. The number of halogens is 1. The molecule has 0 saturated heterocycles. The molecule has 1 atom stereocenters. The van der Waals surface area contributed by atoms with E-state index in [1.807, 2.05) is 18.2 Å². The van der Waals surface area contributed by atoms with E-state index in [1.165, 1.54) is 16.7 Å². The molecule has 25 heavy (non-hydrogen) atoms. The van der Waals surface area contributed by atoms with Crippen molar-refractivity contribution in [3.63, 3.8) is 0 Å². The second kappa shape index (κ2) is 5.58. The van der Waals surface area contributed by atoms with Crippen LogP contribution in [0.5, 0.6) is 0 Å². The van der Waals surface area contributed by atoms with Crippen molar-refractivity contribution in [2.24, 2.45) is 0 Å². The molecular weight excluding hydrogens is 332 g/mol. The number of hydrogen-bond acceptors (Lipinski definition) is 2. The number of ketones is 1. The second-order valence-corrected chi connectivity index (χ2v) is 7.11. The summed E-state index contributed by atoms with van der Waals surface area (Å²) >= 11 is 6.50. The molecule has 4 heteroatoms. The molecule has 0 saturated carbocycles. The van der Waals surface area contributed by atoms with Gasteiger partial charge in [0.05, 0.1) is 16.8 Å². The van der Waals surface area contributed by atoms with E-state index in [0.717, 1.165) is 34.9 Å². The van der Waals surface area contributed by atoms with E-state index in [4.69, 9.17) is 11.6 Å². The third kappa shape index (κ3) is 2.27. The number of nitrogens with zero attached hydrogens (tertiary/aromatic N) is 1. The average molecular weight is 349 g/mol. The van der Waals surface area contributed by atoms with Crippen molar-refractivity contribution < 1.29 is 4.79 Å². The van der Waals surface area contributed by atoms with Crippen LogP contribution in [0.3, 0.4) is 0 Å². The lowest BCUT2D eigenvalue weighted by atomic mass is 9.99. The van der Waals surface area contributed by atoms with Crippen LogP contribution in [0.1, 0.15) is 45.2 Å². The number of carbonyl (C=O) groups excluding carboxylic acids is 1. The van der Waals surface area contributed by atoms with Gasteiger partial charge in [-0.3, -0.25) is 4.79 Å². The third-order valence-corrected chi connectivity index (χ3v) is 5.57. The van der Waals surface area contributed by atoms with Crippen LogP contribution in [0.2, 0.25) is 5.02 Å². The first-order valence-electron chi connectivity index (χ1n) is 8.57. The van der Waals surface area contributed by atoms with Crippen LogP contribution in [0.4, 0.5) is 0 Å². The fourth-order valence-corrected chi connectivity index (χ4v) is 4.35. The minimum Gasteiger partial charge on any atom is -0.317 e. The van der Waals surface area contributed by atoms with Crippen molar-refractivity contribution >= 4 is 17.4 Å². The zero-order chi connectivity index (χ0) is 17.0. The number of Topliss-reactive ketones (excluding diaryl/α,β-unsaturated/α-hetero) is 1. The Bertz CT molecular complexity index is 1000. The van der Waals surface area contributed by atoms with Gasteiger partial charge in [0, 0.05) is 30.4 Å². The van der Waals surface area contributed by atoms with Crippen molar-refractivity contribution in [1.82, 2.24) is 9.88 Å². The molecule has 5 rings (SSSR count). The van der Waals surface area contributed by atoms with E-state index in [9.17, 15) is 4.79 Å². The number of hydrogen-bond donors (Lipinski definition) is 1. The van der Waals surface area contributed by atoms with E-state index >= 15 is 0 Å². The summed E-state index contributed by atoms with van der Waals surface area (Å²) in [6.07, 6.45) is 3.55. The Kier molecular flexibility index (Phi) is 3.34. The van der Waals surface area contributed by atoms with Gasteiger partial charge in [0.15, 0.2) is 5.78 Å². The quantitative estimate of drug-likeness (QED) is 0.704. The van der Waals surface area contributed by atoms with Crippen molar-refractivity contribution in [1.29, 1.82) is 0 Å². The average Bonchev–Trinajstić information content (AvgIpc) is 3.19. The first kappa shape index (κ1) is 14.9. The normalized spacial score (nSPS) is 18.4. The Hall–Kier alpha value is -2.36. The van der Waals surface area contributed by atoms with E-state index in [0.29, 0.717) is 6.42 Å². The fraction of sp³-hybridized carbons (Fsp3) is 0.190. The van der Waals surface area contributed by atoms with Crippen LogP contribution in [-0.4, -0.2) is 10.4 Å². The summed E-state index contributed by atoms with van der Waals surface area (Å²) in [4.78, 5) is 11.9. The highest BCUT2D eigenvalue weighted by Crippen LogP contribution is 2.35. The molecule has 0 spiro atoms. The van der Waals surface area contributed by atoms with Crippen molar-refractivity contribution in [2.45, 2.75) is 25.4 Å². The number of benzene rings is 2. The minimum atomic E-state index is 0.0690. The van der Waals surface area contributed by atoms with Crippen molar-refractivity contribution in [3.8, 4) is 5.69 Å². The third-order valence-electron chi connectivity index (χ3n) is 5.27. The molecular formula is C21H17ClN2O. The second-order valence-electron chi connectivity index (χ2n) is 6.70. The molecule has 1 unspecified atom stereocenters. The Balaban J connectivity index is 1.64. The van der Waals surface area contributed by atoms with E-state index in [2.05, 4.69) is 46.4 Å². The Morgan fingerprint density at radius 3 is 2.88 bits per heavy atom. The number of nitrogens with one attached hydrogen (secondary N) is 1. The fourth-order valence-electron chi connectivity index (χ4n) is 4.07. The van der Waals surface area contributed by atoms with Gasteiger partial charge < -0.3 is 9.88 Å². The number of rotatable bonds is 1. The van der Waals surface area contributed by atoms with Gasteiger partial charge in [-0.1, -0.05) is 41.9 Å². The van der Waals surface area contributed by atoms with Gasteiger partial charge >= 0.3 is 0 Å².